The molecule has 0 spiro atoms. The second kappa shape index (κ2) is 10.1. The van der Waals surface area contributed by atoms with Crippen LogP contribution in [0.3, 0.4) is 0 Å². The highest BCUT2D eigenvalue weighted by atomic mass is 32.1. The van der Waals surface area contributed by atoms with Crippen LogP contribution in [0.25, 0.3) is 0 Å². The van der Waals surface area contributed by atoms with E-state index in [0.717, 1.165) is 31.7 Å². The fourth-order valence-corrected chi connectivity index (χ4v) is 5.23. The van der Waals surface area contributed by atoms with E-state index >= 15 is 0 Å². The predicted octanol–water partition coefficient (Wildman–Crippen LogP) is 4.50. The van der Waals surface area contributed by atoms with Gasteiger partial charge in [-0.15, -0.1) is 11.3 Å². The lowest BCUT2D eigenvalue weighted by Gasteiger charge is -2.42. The first-order chi connectivity index (χ1) is 15.1. The average Bonchev–Trinajstić information content (AvgIpc) is 3.31. The molecule has 4 rings (SSSR count). The average molecular weight is 438 g/mol. The zero-order valence-electron chi connectivity index (χ0n) is 17.7. The van der Waals surface area contributed by atoms with Crippen molar-refractivity contribution >= 4 is 22.9 Å². The van der Waals surface area contributed by atoms with Crippen molar-refractivity contribution in [2.75, 3.05) is 31.1 Å². The third-order valence-electron chi connectivity index (χ3n) is 5.80. The number of amides is 1. The zero-order valence-corrected chi connectivity index (χ0v) is 18.5. The third-order valence-corrected chi connectivity index (χ3v) is 6.75. The number of hydrogen-bond acceptors (Lipinski definition) is 4. The summed E-state index contributed by atoms with van der Waals surface area (Å²) in [5, 5.41) is 5.28. The van der Waals surface area contributed by atoms with Crippen molar-refractivity contribution < 1.29 is 9.18 Å². The molecule has 0 radical (unpaired) electrons. The van der Waals surface area contributed by atoms with Crippen LogP contribution in [-0.4, -0.2) is 43.0 Å². The highest BCUT2D eigenvalue weighted by Crippen LogP contribution is 2.30. The number of hydrogen-bond donors (Lipinski definition) is 1. The monoisotopic (exact) mass is 437 g/mol. The van der Waals surface area contributed by atoms with Crippen LogP contribution in [-0.2, 0) is 11.2 Å². The van der Waals surface area contributed by atoms with E-state index in [1.165, 1.54) is 22.7 Å². The van der Waals surface area contributed by atoms with Gasteiger partial charge in [0.2, 0.25) is 5.91 Å². The molecule has 1 aliphatic rings. The Bertz CT molecular complexity index is 954. The molecule has 0 aliphatic carbocycles. The molecule has 2 atom stereocenters. The van der Waals surface area contributed by atoms with Gasteiger partial charge in [0.1, 0.15) is 5.82 Å². The number of halogens is 1. The molecule has 1 fully saturated rings. The number of nitrogens with zero attached hydrogens (tertiary/aromatic N) is 2. The van der Waals surface area contributed by atoms with Crippen molar-refractivity contribution in [3.05, 3.63) is 88.4 Å². The molecular formula is C25H28FN3OS. The summed E-state index contributed by atoms with van der Waals surface area (Å²) in [5.74, 6) is -0.325. The van der Waals surface area contributed by atoms with Gasteiger partial charge in [-0.05, 0) is 48.2 Å². The van der Waals surface area contributed by atoms with Crippen LogP contribution in [0, 0.1) is 5.82 Å². The van der Waals surface area contributed by atoms with Gasteiger partial charge in [-0.3, -0.25) is 9.69 Å². The van der Waals surface area contributed by atoms with Crippen LogP contribution >= 0.6 is 11.3 Å². The number of thiophene rings is 1. The van der Waals surface area contributed by atoms with Crippen molar-refractivity contribution in [3.63, 3.8) is 0 Å². The number of carbonyl (C=O) groups is 1. The van der Waals surface area contributed by atoms with Crippen LogP contribution in [0.2, 0.25) is 0 Å². The Morgan fingerprint density at radius 1 is 1.00 bits per heavy atom. The summed E-state index contributed by atoms with van der Waals surface area (Å²) < 4.78 is 13.1. The minimum atomic E-state index is -0.287. The van der Waals surface area contributed by atoms with E-state index in [9.17, 15) is 9.18 Å². The zero-order chi connectivity index (χ0) is 21.6. The van der Waals surface area contributed by atoms with Gasteiger partial charge in [0, 0.05) is 42.8 Å². The number of piperazine rings is 1. The van der Waals surface area contributed by atoms with E-state index in [0.29, 0.717) is 0 Å². The summed E-state index contributed by atoms with van der Waals surface area (Å²) in [4.78, 5) is 18.8. The summed E-state index contributed by atoms with van der Waals surface area (Å²) in [5.41, 5.74) is 2.07. The number of anilines is 1. The molecule has 0 saturated carbocycles. The number of rotatable bonds is 7. The molecule has 1 aliphatic heterocycles. The first-order valence-corrected chi connectivity index (χ1v) is 11.6. The van der Waals surface area contributed by atoms with Gasteiger partial charge in [-0.2, -0.15) is 0 Å². The number of para-hydroxylation sites is 1. The first-order valence-electron chi connectivity index (χ1n) is 10.7. The molecule has 0 bridgehead atoms. The Balaban J connectivity index is 1.41. The summed E-state index contributed by atoms with van der Waals surface area (Å²) in [6.45, 7) is 5.88. The Hall–Kier alpha value is -2.70. The topological polar surface area (TPSA) is 35.6 Å². The lowest BCUT2D eigenvalue weighted by molar-refractivity contribution is -0.121. The largest absolute Gasteiger partial charge is 0.369 e. The third kappa shape index (κ3) is 5.51. The normalized spacial score (nSPS) is 16.6. The summed E-state index contributed by atoms with van der Waals surface area (Å²) >= 11 is 1.73. The van der Waals surface area contributed by atoms with Gasteiger partial charge in [0.05, 0.1) is 12.5 Å². The number of carbonyl (C=O) groups excluding carboxylic acids is 1. The Kier molecular flexibility index (Phi) is 6.99. The van der Waals surface area contributed by atoms with Crippen LogP contribution in [0.15, 0.2) is 72.1 Å². The Morgan fingerprint density at radius 2 is 1.71 bits per heavy atom. The van der Waals surface area contributed by atoms with Crippen molar-refractivity contribution in [1.29, 1.82) is 0 Å². The minimum Gasteiger partial charge on any atom is -0.369 e. The van der Waals surface area contributed by atoms with E-state index in [1.54, 1.807) is 23.5 Å². The molecule has 1 N–H and O–H groups in total. The lowest BCUT2D eigenvalue weighted by atomic mass is 10.0. The maximum atomic E-state index is 13.1. The van der Waals surface area contributed by atoms with E-state index in [4.69, 9.17) is 0 Å². The van der Waals surface area contributed by atoms with Gasteiger partial charge >= 0.3 is 0 Å². The molecule has 1 saturated heterocycles. The first kappa shape index (κ1) is 21.5. The van der Waals surface area contributed by atoms with Crippen molar-refractivity contribution in [1.82, 2.24) is 10.2 Å². The van der Waals surface area contributed by atoms with Gasteiger partial charge in [0.25, 0.3) is 0 Å². The molecule has 31 heavy (non-hydrogen) atoms. The molecule has 2 aromatic carbocycles. The van der Waals surface area contributed by atoms with E-state index in [-0.39, 0.29) is 30.2 Å². The van der Waals surface area contributed by atoms with Crippen LogP contribution < -0.4 is 10.2 Å². The van der Waals surface area contributed by atoms with E-state index in [2.05, 4.69) is 63.8 Å². The quantitative estimate of drug-likeness (QED) is 0.591. The van der Waals surface area contributed by atoms with E-state index in [1.807, 2.05) is 6.07 Å². The van der Waals surface area contributed by atoms with Crippen LogP contribution in [0.1, 0.15) is 23.4 Å². The summed E-state index contributed by atoms with van der Waals surface area (Å²) in [6, 6.07) is 21.0. The lowest BCUT2D eigenvalue weighted by Crippen LogP contribution is -2.52. The highest BCUT2D eigenvalue weighted by Gasteiger charge is 2.30. The van der Waals surface area contributed by atoms with Crippen molar-refractivity contribution in [3.8, 4) is 0 Å². The molecule has 6 heteroatoms. The molecule has 1 amide bonds. The molecule has 1 aromatic heterocycles. The number of nitrogens with one attached hydrogen (secondary N) is 1. The summed E-state index contributed by atoms with van der Waals surface area (Å²) in [7, 11) is 0. The number of benzene rings is 2. The smallest absolute Gasteiger partial charge is 0.224 e. The Morgan fingerprint density at radius 3 is 2.35 bits per heavy atom. The molecule has 2 heterocycles. The molecular weight excluding hydrogens is 409 g/mol. The second-order valence-corrected chi connectivity index (χ2v) is 8.96. The predicted molar refractivity (Wildman–Crippen MR) is 125 cm³/mol. The van der Waals surface area contributed by atoms with Crippen molar-refractivity contribution in [2.45, 2.75) is 25.4 Å². The molecule has 0 unspecified atom stereocenters. The van der Waals surface area contributed by atoms with Gasteiger partial charge in [0.15, 0.2) is 0 Å². The highest BCUT2D eigenvalue weighted by molar-refractivity contribution is 7.10. The Labute approximate surface area is 187 Å². The SMILES string of the molecule is C[C@@H](NC(=O)Cc1ccc(F)cc1)[C@@H](c1cccs1)N1CCN(c2ccccc2)CC1. The maximum Gasteiger partial charge on any atom is 0.224 e. The van der Waals surface area contributed by atoms with Gasteiger partial charge < -0.3 is 10.2 Å². The summed E-state index contributed by atoms with van der Waals surface area (Å²) in [6.07, 6.45) is 0.254. The van der Waals surface area contributed by atoms with Crippen molar-refractivity contribution in [2.24, 2.45) is 0 Å². The second-order valence-electron chi connectivity index (χ2n) is 7.98. The molecule has 3 aromatic rings. The fraction of sp³-hybridized carbons (Fsp3) is 0.320. The van der Waals surface area contributed by atoms with Crippen LogP contribution in [0.4, 0.5) is 10.1 Å². The molecule has 162 valence electrons. The van der Waals surface area contributed by atoms with Gasteiger partial charge in [-0.1, -0.05) is 36.4 Å². The maximum absolute atomic E-state index is 13.1. The van der Waals surface area contributed by atoms with E-state index < -0.39 is 0 Å². The minimum absolute atomic E-state index is 0.0325. The standard InChI is InChI=1S/C25H28FN3OS/c1-19(27-24(30)18-20-9-11-21(26)12-10-20)25(23-8-5-17-31-23)29-15-13-28(14-16-29)22-6-3-2-4-7-22/h2-12,17,19,25H,13-16,18H2,1H3,(H,27,30)/t19-,25+/m1/s1. The molecule has 4 nitrogen and oxygen atoms in total. The van der Waals surface area contributed by atoms with Gasteiger partial charge in [-0.25, -0.2) is 4.39 Å². The fourth-order valence-electron chi connectivity index (χ4n) is 4.27. The van der Waals surface area contributed by atoms with Crippen LogP contribution in [0.5, 0.6) is 0 Å².